The summed E-state index contributed by atoms with van der Waals surface area (Å²) in [6, 6.07) is 16.9. The number of carbonyl (C=O) groups excluding carboxylic acids is 2. The number of hydrogen-bond acceptors (Lipinski definition) is 8. The number of aromatic nitrogens is 2. The molecular weight excluding hydrogens is 621 g/mol. The molecule has 0 radical (unpaired) electrons. The van der Waals surface area contributed by atoms with E-state index in [0.29, 0.717) is 36.6 Å². The first-order chi connectivity index (χ1) is 23.2. The van der Waals surface area contributed by atoms with Gasteiger partial charge in [-0.3, -0.25) is 14.6 Å². The fourth-order valence-electron chi connectivity index (χ4n) is 6.00. The summed E-state index contributed by atoms with van der Waals surface area (Å²) >= 11 is 1.53. The number of thiazole rings is 1. The van der Waals surface area contributed by atoms with Crippen molar-refractivity contribution in [1.29, 1.82) is 0 Å². The Bertz CT molecular complexity index is 1650. The fraction of sp³-hybridized carbons (Fsp3) is 0.421. The lowest BCUT2D eigenvalue weighted by Gasteiger charge is -2.30. The summed E-state index contributed by atoms with van der Waals surface area (Å²) in [5.74, 6) is -0.118. The van der Waals surface area contributed by atoms with E-state index < -0.39 is 12.1 Å². The van der Waals surface area contributed by atoms with Gasteiger partial charge in [0, 0.05) is 73.5 Å². The molecule has 5 rings (SSSR count). The molecule has 48 heavy (non-hydrogen) atoms. The number of aliphatic hydroxyl groups excluding tert-OH is 1. The molecule has 0 bridgehead atoms. The first-order valence-electron chi connectivity index (χ1n) is 16.9. The van der Waals surface area contributed by atoms with E-state index in [0.717, 1.165) is 59.0 Å². The molecule has 0 saturated carbocycles. The Balaban J connectivity index is 1.35. The van der Waals surface area contributed by atoms with E-state index in [-0.39, 0.29) is 18.4 Å². The molecule has 2 atom stereocenters. The van der Waals surface area contributed by atoms with Gasteiger partial charge in [-0.1, -0.05) is 50.2 Å². The first-order valence-corrected chi connectivity index (χ1v) is 17.8. The van der Waals surface area contributed by atoms with Crippen LogP contribution in [0.3, 0.4) is 0 Å². The van der Waals surface area contributed by atoms with Crippen molar-refractivity contribution in [2.24, 2.45) is 0 Å². The molecule has 1 saturated heterocycles. The predicted molar refractivity (Wildman–Crippen MR) is 193 cm³/mol. The standard InChI is InChI=1S/C38H48N6O3S/c1-26(2)32-15-29(20-39-22-32)21-40-23-35(45)34(16-28-11-7-5-8-12-28)42-37(46)30-17-31(19-33(18-30)44-13-9-6-10-14-44)38(47)43(4)24-36-41-27(3)25-48-36/h5,7-8,11-12,15,17-20,22,25-26,34-35,40,45H,6,9-10,13-14,16,21,23-24H2,1-4H3,(H,42,46)/t34-,35+/m0/s1. The van der Waals surface area contributed by atoms with E-state index in [1.54, 1.807) is 18.0 Å². The summed E-state index contributed by atoms with van der Waals surface area (Å²) in [6.07, 6.45) is 6.61. The van der Waals surface area contributed by atoms with Crippen molar-refractivity contribution < 1.29 is 14.7 Å². The van der Waals surface area contributed by atoms with Crippen molar-refractivity contribution in [2.75, 3.05) is 31.6 Å². The lowest BCUT2D eigenvalue weighted by Crippen LogP contribution is -2.48. The average molecular weight is 669 g/mol. The van der Waals surface area contributed by atoms with Crippen LogP contribution >= 0.6 is 11.3 Å². The van der Waals surface area contributed by atoms with Gasteiger partial charge in [-0.25, -0.2) is 4.98 Å². The molecule has 0 spiro atoms. The van der Waals surface area contributed by atoms with Crippen molar-refractivity contribution in [3.8, 4) is 0 Å². The largest absolute Gasteiger partial charge is 0.390 e. The number of nitrogens with one attached hydrogen (secondary N) is 2. The van der Waals surface area contributed by atoms with Crippen LogP contribution in [-0.2, 0) is 19.5 Å². The zero-order chi connectivity index (χ0) is 34.0. The van der Waals surface area contributed by atoms with Crippen LogP contribution in [0.4, 0.5) is 5.69 Å². The van der Waals surface area contributed by atoms with Gasteiger partial charge >= 0.3 is 0 Å². The number of anilines is 1. The van der Waals surface area contributed by atoms with Crippen LogP contribution in [0.2, 0.25) is 0 Å². The molecule has 2 aromatic heterocycles. The second-order valence-corrected chi connectivity index (χ2v) is 14.1. The van der Waals surface area contributed by atoms with Crippen LogP contribution in [0.25, 0.3) is 0 Å². The highest BCUT2D eigenvalue weighted by Gasteiger charge is 2.25. The Morgan fingerprint density at radius 1 is 1.00 bits per heavy atom. The lowest BCUT2D eigenvalue weighted by atomic mass is 9.99. The van der Waals surface area contributed by atoms with Gasteiger partial charge in [0.05, 0.1) is 18.7 Å². The molecular formula is C38H48N6O3S. The van der Waals surface area contributed by atoms with E-state index in [2.05, 4.69) is 45.4 Å². The van der Waals surface area contributed by atoms with Crippen molar-refractivity contribution in [2.45, 2.75) is 77.6 Å². The van der Waals surface area contributed by atoms with Crippen LogP contribution in [-0.4, -0.2) is 70.6 Å². The Morgan fingerprint density at radius 2 is 1.75 bits per heavy atom. The molecule has 2 amide bonds. The number of amides is 2. The molecule has 1 aliphatic rings. The normalized spacial score (nSPS) is 14.5. The van der Waals surface area contributed by atoms with Crippen molar-refractivity contribution >= 4 is 28.8 Å². The maximum Gasteiger partial charge on any atom is 0.254 e. The highest BCUT2D eigenvalue weighted by molar-refractivity contribution is 7.09. The van der Waals surface area contributed by atoms with Gasteiger partial charge in [0.1, 0.15) is 5.01 Å². The van der Waals surface area contributed by atoms with E-state index in [1.165, 1.54) is 17.8 Å². The van der Waals surface area contributed by atoms with Crippen LogP contribution in [0.1, 0.15) is 87.1 Å². The number of nitrogens with zero attached hydrogens (tertiary/aromatic N) is 4. The summed E-state index contributed by atoms with van der Waals surface area (Å²) in [4.78, 5) is 40.5. The number of carbonyl (C=O) groups is 2. The van der Waals surface area contributed by atoms with Crippen LogP contribution < -0.4 is 15.5 Å². The number of benzene rings is 2. The molecule has 4 aromatic rings. The quantitative estimate of drug-likeness (QED) is 0.158. The second-order valence-electron chi connectivity index (χ2n) is 13.1. The molecule has 0 unspecified atom stereocenters. The fourth-order valence-corrected chi connectivity index (χ4v) is 6.82. The first kappa shape index (κ1) is 35.2. The molecule has 9 nitrogen and oxygen atoms in total. The topological polar surface area (TPSA) is 111 Å². The maximum atomic E-state index is 14.0. The van der Waals surface area contributed by atoms with Gasteiger partial charge < -0.3 is 25.5 Å². The zero-order valence-electron chi connectivity index (χ0n) is 28.5. The minimum atomic E-state index is -0.866. The predicted octanol–water partition coefficient (Wildman–Crippen LogP) is 5.72. The van der Waals surface area contributed by atoms with Crippen LogP contribution in [0, 0.1) is 6.92 Å². The van der Waals surface area contributed by atoms with Gasteiger partial charge in [-0.15, -0.1) is 11.3 Å². The SMILES string of the molecule is Cc1csc(CN(C)C(=O)c2cc(C(=O)N[C@@H](Cc3ccccc3)[C@H](O)CNCc3cncc(C(C)C)c3)cc(N3CCCCC3)c2)n1. The Hall–Kier alpha value is -4.12. The summed E-state index contributed by atoms with van der Waals surface area (Å²) in [7, 11) is 1.76. The van der Waals surface area contributed by atoms with Crippen LogP contribution in [0.5, 0.6) is 0 Å². The molecule has 3 N–H and O–H groups in total. The van der Waals surface area contributed by atoms with E-state index in [1.807, 2.05) is 67.2 Å². The van der Waals surface area contributed by atoms with Crippen molar-refractivity contribution in [1.82, 2.24) is 25.5 Å². The lowest BCUT2D eigenvalue weighted by molar-refractivity contribution is 0.0784. The number of hydrogen-bond donors (Lipinski definition) is 3. The van der Waals surface area contributed by atoms with Gasteiger partial charge in [-0.05, 0) is 73.4 Å². The van der Waals surface area contributed by atoms with Gasteiger partial charge in [0.15, 0.2) is 0 Å². The Morgan fingerprint density at radius 3 is 2.46 bits per heavy atom. The number of pyridine rings is 1. The van der Waals surface area contributed by atoms with E-state index >= 15 is 0 Å². The maximum absolute atomic E-state index is 14.0. The molecule has 2 aromatic carbocycles. The number of piperidine rings is 1. The highest BCUT2D eigenvalue weighted by Crippen LogP contribution is 2.25. The summed E-state index contributed by atoms with van der Waals surface area (Å²) in [6.45, 7) is 9.19. The Labute approximate surface area is 288 Å². The van der Waals surface area contributed by atoms with Crippen LogP contribution in [0.15, 0.2) is 72.4 Å². The van der Waals surface area contributed by atoms with Crippen molar-refractivity contribution in [3.63, 3.8) is 0 Å². The molecule has 1 aliphatic heterocycles. The number of aliphatic hydroxyl groups is 1. The van der Waals surface area contributed by atoms with Gasteiger partial charge in [0.2, 0.25) is 0 Å². The van der Waals surface area contributed by atoms with E-state index in [9.17, 15) is 14.7 Å². The third-order valence-electron chi connectivity index (χ3n) is 8.78. The molecule has 10 heteroatoms. The molecule has 1 fully saturated rings. The third kappa shape index (κ3) is 9.71. The van der Waals surface area contributed by atoms with Gasteiger partial charge in [-0.2, -0.15) is 0 Å². The summed E-state index contributed by atoms with van der Waals surface area (Å²) < 4.78 is 0. The molecule has 254 valence electrons. The minimum absolute atomic E-state index is 0.170. The second kappa shape index (κ2) is 16.8. The molecule has 3 heterocycles. The Kier molecular flexibility index (Phi) is 12.3. The van der Waals surface area contributed by atoms with Crippen molar-refractivity contribution in [3.05, 3.63) is 111 Å². The highest BCUT2D eigenvalue weighted by atomic mass is 32.1. The third-order valence-corrected chi connectivity index (χ3v) is 9.73. The molecule has 0 aliphatic carbocycles. The smallest absolute Gasteiger partial charge is 0.254 e. The monoisotopic (exact) mass is 668 g/mol. The summed E-state index contributed by atoms with van der Waals surface area (Å²) in [5, 5.41) is 20.8. The van der Waals surface area contributed by atoms with Gasteiger partial charge in [0.25, 0.3) is 11.8 Å². The number of rotatable bonds is 14. The van der Waals surface area contributed by atoms with E-state index in [4.69, 9.17) is 0 Å². The minimum Gasteiger partial charge on any atom is -0.390 e. The summed E-state index contributed by atoms with van der Waals surface area (Å²) in [5.41, 5.74) is 5.86. The zero-order valence-corrected chi connectivity index (χ0v) is 29.3. The number of aryl methyl sites for hydroxylation is 1. The average Bonchev–Trinajstić information content (AvgIpc) is 3.52.